The molecule has 2 rings (SSSR count). The van der Waals surface area contributed by atoms with Crippen molar-refractivity contribution in [1.29, 1.82) is 0 Å². The molecule has 0 aromatic heterocycles. The van der Waals surface area contributed by atoms with Gasteiger partial charge in [-0.05, 0) is 31.9 Å². The summed E-state index contributed by atoms with van der Waals surface area (Å²) in [5, 5.41) is 0. The second-order valence-corrected chi connectivity index (χ2v) is 4.82. The van der Waals surface area contributed by atoms with Crippen LogP contribution in [0.1, 0.15) is 19.8 Å². The maximum atomic E-state index is 6.16. The van der Waals surface area contributed by atoms with E-state index in [1.807, 2.05) is 12.1 Å². The Morgan fingerprint density at radius 3 is 2.72 bits per heavy atom. The van der Waals surface area contributed by atoms with Gasteiger partial charge in [-0.15, -0.1) is 0 Å². The van der Waals surface area contributed by atoms with Crippen molar-refractivity contribution >= 4 is 11.4 Å². The summed E-state index contributed by atoms with van der Waals surface area (Å²) in [4.78, 5) is 2.34. The Bertz CT molecular complexity index is 409. The fourth-order valence-electron chi connectivity index (χ4n) is 2.66. The molecule has 1 aromatic rings. The summed E-state index contributed by atoms with van der Waals surface area (Å²) in [6.07, 6.45) is 2.44. The molecule has 4 nitrogen and oxygen atoms in total. The van der Waals surface area contributed by atoms with E-state index in [4.69, 9.17) is 15.2 Å². The van der Waals surface area contributed by atoms with Gasteiger partial charge in [-0.2, -0.15) is 0 Å². The van der Waals surface area contributed by atoms with E-state index in [9.17, 15) is 0 Å². The number of ether oxygens (including phenoxy) is 2. The Labute approximate surface area is 109 Å². The second kappa shape index (κ2) is 5.48. The molecule has 1 aliphatic heterocycles. The summed E-state index contributed by atoms with van der Waals surface area (Å²) < 4.78 is 10.7. The van der Waals surface area contributed by atoms with Crippen LogP contribution in [0.5, 0.6) is 5.75 Å². The summed E-state index contributed by atoms with van der Waals surface area (Å²) in [5.74, 6) is 0.744. The SMILES string of the molecule is COc1cccc(N2CCC(OC)CC2C)c1N. The summed E-state index contributed by atoms with van der Waals surface area (Å²) in [5.41, 5.74) is 7.95. The molecular weight excluding hydrogens is 228 g/mol. The molecule has 1 aliphatic rings. The number of benzene rings is 1. The first-order valence-electron chi connectivity index (χ1n) is 6.39. The van der Waals surface area contributed by atoms with Crippen LogP contribution >= 0.6 is 0 Å². The molecule has 0 amide bonds. The first kappa shape index (κ1) is 13.0. The van der Waals surface area contributed by atoms with Crippen molar-refractivity contribution in [2.75, 3.05) is 31.4 Å². The van der Waals surface area contributed by atoms with Crippen LogP contribution in [-0.2, 0) is 4.74 Å². The van der Waals surface area contributed by atoms with Crippen LogP contribution in [0.15, 0.2) is 18.2 Å². The van der Waals surface area contributed by atoms with Gasteiger partial charge < -0.3 is 20.1 Å². The van der Waals surface area contributed by atoms with E-state index < -0.39 is 0 Å². The third kappa shape index (κ3) is 2.38. The lowest BCUT2D eigenvalue weighted by molar-refractivity contribution is 0.0721. The van der Waals surface area contributed by atoms with Gasteiger partial charge in [0, 0.05) is 19.7 Å². The molecule has 1 heterocycles. The van der Waals surface area contributed by atoms with Crippen LogP contribution in [0.25, 0.3) is 0 Å². The number of anilines is 2. The molecule has 2 unspecified atom stereocenters. The van der Waals surface area contributed by atoms with Crippen molar-refractivity contribution in [3.63, 3.8) is 0 Å². The average molecular weight is 250 g/mol. The number of methoxy groups -OCH3 is 2. The van der Waals surface area contributed by atoms with Crippen LogP contribution in [0.2, 0.25) is 0 Å². The van der Waals surface area contributed by atoms with Gasteiger partial charge in [0.2, 0.25) is 0 Å². The predicted octanol–water partition coefficient (Wildman–Crippen LogP) is 2.28. The monoisotopic (exact) mass is 250 g/mol. The van der Waals surface area contributed by atoms with Crippen molar-refractivity contribution in [2.24, 2.45) is 0 Å². The van der Waals surface area contributed by atoms with E-state index in [2.05, 4.69) is 17.9 Å². The number of nitrogens with two attached hydrogens (primary N) is 1. The van der Waals surface area contributed by atoms with Crippen LogP contribution in [0.3, 0.4) is 0 Å². The number of nitrogen functional groups attached to an aromatic ring is 1. The minimum absolute atomic E-state index is 0.364. The number of hydrogen-bond acceptors (Lipinski definition) is 4. The molecule has 18 heavy (non-hydrogen) atoms. The minimum atomic E-state index is 0.364. The molecule has 0 spiro atoms. The molecule has 100 valence electrons. The third-order valence-electron chi connectivity index (χ3n) is 3.73. The number of rotatable bonds is 3. The van der Waals surface area contributed by atoms with E-state index in [1.165, 1.54) is 0 Å². The summed E-state index contributed by atoms with van der Waals surface area (Å²) >= 11 is 0. The van der Waals surface area contributed by atoms with Crippen molar-refractivity contribution in [1.82, 2.24) is 0 Å². The average Bonchev–Trinajstić information content (AvgIpc) is 2.39. The van der Waals surface area contributed by atoms with Gasteiger partial charge in [0.1, 0.15) is 5.75 Å². The molecule has 1 fully saturated rings. The highest BCUT2D eigenvalue weighted by Crippen LogP contribution is 2.35. The number of hydrogen-bond donors (Lipinski definition) is 1. The molecule has 2 atom stereocenters. The van der Waals surface area contributed by atoms with E-state index in [0.29, 0.717) is 12.1 Å². The summed E-state index contributed by atoms with van der Waals surface area (Å²) in [7, 11) is 3.43. The van der Waals surface area contributed by atoms with E-state index >= 15 is 0 Å². The van der Waals surface area contributed by atoms with Crippen LogP contribution < -0.4 is 15.4 Å². The normalized spacial score (nSPS) is 24.1. The smallest absolute Gasteiger partial charge is 0.143 e. The van der Waals surface area contributed by atoms with Gasteiger partial charge in [0.15, 0.2) is 0 Å². The topological polar surface area (TPSA) is 47.7 Å². The van der Waals surface area contributed by atoms with Crippen molar-refractivity contribution in [3.05, 3.63) is 18.2 Å². The molecule has 0 aliphatic carbocycles. The van der Waals surface area contributed by atoms with Gasteiger partial charge >= 0.3 is 0 Å². The Kier molecular flexibility index (Phi) is 3.97. The quantitative estimate of drug-likeness (QED) is 0.836. The Balaban J connectivity index is 2.22. The lowest BCUT2D eigenvalue weighted by Crippen LogP contribution is -2.43. The summed E-state index contributed by atoms with van der Waals surface area (Å²) in [6, 6.07) is 6.37. The molecular formula is C14H22N2O2. The zero-order chi connectivity index (χ0) is 13.1. The minimum Gasteiger partial charge on any atom is -0.495 e. The lowest BCUT2D eigenvalue weighted by atomic mass is 9.99. The van der Waals surface area contributed by atoms with E-state index in [1.54, 1.807) is 14.2 Å². The lowest BCUT2D eigenvalue weighted by Gasteiger charge is -2.39. The standard InChI is InChI=1S/C14H22N2O2/c1-10-9-11(17-2)7-8-16(10)12-5-4-6-13(18-3)14(12)15/h4-6,10-11H,7-9,15H2,1-3H3. The predicted molar refractivity (Wildman–Crippen MR) is 74.2 cm³/mol. The largest absolute Gasteiger partial charge is 0.495 e. The van der Waals surface area contributed by atoms with Gasteiger partial charge in [0.05, 0.1) is 24.6 Å². The number of para-hydroxylation sites is 1. The molecule has 1 aromatic carbocycles. The highest BCUT2D eigenvalue weighted by Gasteiger charge is 2.27. The zero-order valence-corrected chi connectivity index (χ0v) is 11.3. The Morgan fingerprint density at radius 1 is 1.33 bits per heavy atom. The number of nitrogens with zero attached hydrogens (tertiary/aromatic N) is 1. The third-order valence-corrected chi connectivity index (χ3v) is 3.73. The molecule has 0 radical (unpaired) electrons. The summed E-state index contributed by atoms with van der Waals surface area (Å²) in [6.45, 7) is 3.18. The first-order valence-corrected chi connectivity index (χ1v) is 6.39. The Morgan fingerprint density at radius 2 is 2.11 bits per heavy atom. The molecule has 0 saturated carbocycles. The molecule has 2 N–H and O–H groups in total. The van der Waals surface area contributed by atoms with Gasteiger partial charge in [-0.25, -0.2) is 0 Å². The molecule has 4 heteroatoms. The zero-order valence-electron chi connectivity index (χ0n) is 11.3. The molecule has 0 bridgehead atoms. The maximum absolute atomic E-state index is 6.16. The fourth-order valence-corrected chi connectivity index (χ4v) is 2.66. The highest BCUT2D eigenvalue weighted by molar-refractivity contribution is 5.74. The van der Waals surface area contributed by atoms with Crippen LogP contribution in [0.4, 0.5) is 11.4 Å². The van der Waals surface area contributed by atoms with E-state index in [0.717, 1.165) is 36.5 Å². The second-order valence-electron chi connectivity index (χ2n) is 4.82. The van der Waals surface area contributed by atoms with Crippen molar-refractivity contribution < 1.29 is 9.47 Å². The van der Waals surface area contributed by atoms with Crippen molar-refractivity contribution in [3.8, 4) is 5.75 Å². The van der Waals surface area contributed by atoms with Crippen LogP contribution in [-0.4, -0.2) is 32.9 Å². The Hall–Kier alpha value is -1.42. The molecule has 1 saturated heterocycles. The van der Waals surface area contributed by atoms with Crippen LogP contribution in [0, 0.1) is 0 Å². The highest BCUT2D eigenvalue weighted by atomic mass is 16.5. The first-order chi connectivity index (χ1) is 8.67. The van der Waals surface area contributed by atoms with Gasteiger partial charge in [0.25, 0.3) is 0 Å². The fraction of sp³-hybridized carbons (Fsp3) is 0.571. The number of piperidine rings is 1. The maximum Gasteiger partial charge on any atom is 0.143 e. The van der Waals surface area contributed by atoms with Crippen molar-refractivity contribution in [2.45, 2.75) is 31.9 Å². The van der Waals surface area contributed by atoms with Gasteiger partial charge in [-0.3, -0.25) is 0 Å². The van der Waals surface area contributed by atoms with Gasteiger partial charge in [-0.1, -0.05) is 6.07 Å². The van der Waals surface area contributed by atoms with E-state index in [-0.39, 0.29) is 0 Å².